The van der Waals surface area contributed by atoms with E-state index >= 15 is 0 Å². The molecule has 0 heterocycles. The second kappa shape index (κ2) is 10.7. The van der Waals surface area contributed by atoms with Crippen molar-refractivity contribution in [2.75, 3.05) is 19.8 Å². The van der Waals surface area contributed by atoms with Gasteiger partial charge >= 0.3 is 11.9 Å². The standard InChI is InChI=1S/C24H22O6/c1-2-27-23(25)19-7-6-10-22(17-19)30-24(26)18-11-13-21(14-12-18)29-16-15-28-20-8-4-3-5-9-20/h3-14,17H,2,15-16H2,1H3. The Balaban J connectivity index is 1.50. The van der Waals surface area contributed by atoms with Gasteiger partial charge in [0.1, 0.15) is 30.5 Å². The van der Waals surface area contributed by atoms with Crippen molar-refractivity contribution in [3.8, 4) is 17.2 Å². The molecule has 0 aliphatic heterocycles. The van der Waals surface area contributed by atoms with Crippen molar-refractivity contribution < 1.29 is 28.5 Å². The van der Waals surface area contributed by atoms with Crippen molar-refractivity contribution in [3.05, 3.63) is 90.0 Å². The fourth-order valence-corrected chi connectivity index (χ4v) is 2.59. The third-order valence-corrected chi connectivity index (χ3v) is 4.01. The van der Waals surface area contributed by atoms with Gasteiger partial charge in [-0.3, -0.25) is 0 Å². The van der Waals surface area contributed by atoms with Crippen LogP contribution in [0.3, 0.4) is 0 Å². The zero-order chi connectivity index (χ0) is 21.2. The summed E-state index contributed by atoms with van der Waals surface area (Å²) in [6.07, 6.45) is 0. The molecule has 3 aromatic rings. The Hall–Kier alpha value is -3.80. The second-order valence-corrected chi connectivity index (χ2v) is 6.17. The van der Waals surface area contributed by atoms with Crippen molar-refractivity contribution in [3.63, 3.8) is 0 Å². The lowest BCUT2D eigenvalue weighted by atomic mass is 10.2. The van der Waals surface area contributed by atoms with Crippen LogP contribution in [0.25, 0.3) is 0 Å². The van der Waals surface area contributed by atoms with Crippen LogP contribution < -0.4 is 14.2 Å². The molecule has 3 rings (SSSR count). The number of para-hydroxylation sites is 1. The van der Waals surface area contributed by atoms with E-state index in [-0.39, 0.29) is 12.4 Å². The Morgan fingerprint density at radius 2 is 1.30 bits per heavy atom. The van der Waals surface area contributed by atoms with E-state index in [4.69, 9.17) is 18.9 Å². The van der Waals surface area contributed by atoms with Gasteiger partial charge < -0.3 is 18.9 Å². The van der Waals surface area contributed by atoms with Gasteiger partial charge in [-0.2, -0.15) is 0 Å². The van der Waals surface area contributed by atoms with E-state index in [1.54, 1.807) is 49.4 Å². The largest absolute Gasteiger partial charge is 0.490 e. The van der Waals surface area contributed by atoms with Crippen molar-refractivity contribution >= 4 is 11.9 Å². The van der Waals surface area contributed by atoms with Gasteiger partial charge in [0.15, 0.2) is 0 Å². The monoisotopic (exact) mass is 406 g/mol. The van der Waals surface area contributed by atoms with E-state index in [0.29, 0.717) is 30.1 Å². The fourth-order valence-electron chi connectivity index (χ4n) is 2.59. The quantitative estimate of drug-likeness (QED) is 0.295. The average Bonchev–Trinajstić information content (AvgIpc) is 2.78. The number of hydrogen-bond donors (Lipinski definition) is 0. The molecule has 0 aromatic heterocycles. The Kier molecular flexibility index (Phi) is 7.44. The number of hydrogen-bond acceptors (Lipinski definition) is 6. The maximum absolute atomic E-state index is 12.4. The van der Waals surface area contributed by atoms with Gasteiger partial charge in [0.2, 0.25) is 0 Å². The minimum atomic E-state index is -0.532. The first-order valence-corrected chi connectivity index (χ1v) is 9.56. The van der Waals surface area contributed by atoms with Gasteiger partial charge in [-0.15, -0.1) is 0 Å². The summed E-state index contributed by atoms with van der Waals surface area (Å²) in [6, 6.07) is 22.4. The normalized spacial score (nSPS) is 10.2. The summed E-state index contributed by atoms with van der Waals surface area (Å²) in [5.74, 6) is 0.672. The fraction of sp³-hybridized carbons (Fsp3) is 0.167. The van der Waals surface area contributed by atoms with E-state index in [9.17, 15) is 9.59 Å². The highest BCUT2D eigenvalue weighted by molar-refractivity contribution is 5.92. The van der Waals surface area contributed by atoms with Crippen molar-refractivity contribution in [1.29, 1.82) is 0 Å². The molecule has 6 heteroatoms. The molecule has 0 aliphatic carbocycles. The molecule has 0 amide bonds. The van der Waals surface area contributed by atoms with Crippen LogP contribution in [0.2, 0.25) is 0 Å². The van der Waals surface area contributed by atoms with Gasteiger partial charge in [0.25, 0.3) is 0 Å². The predicted octanol–water partition coefficient (Wildman–Crippen LogP) is 4.54. The van der Waals surface area contributed by atoms with Gasteiger partial charge in [0, 0.05) is 0 Å². The van der Waals surface area contributed by atoms with E-state index in [0.717, 1.165) is 5.75 Å². The first-order chi connectivity index (χ1) is 14.7. The van der Waals surface area contributed by atoms with Crippen LogP contribution >= 0.6 is 0 Å². The van der Waals surface area contributed by atoms with Crippen LogP contribution in [-0.2, 0) is 4.74 Å². The average molecular weight is 406 g/mol. The Bertz CT molecular complexity index is 967. The molecule has 0 bridgehead atoms. The molecule has 0 N–H and O–H groups in total. The molecular formula is C24H22O6. The third kappa shape index (κ3) is 6.10. The summed E-state index contributed by atoms with van der Waals surface area (Å²) >= 11 is 0. The molecule has 0 aliphatic rings. The molecule has 154 valence electrons. The van der Waals surface area contributed by atoms with Crippen molar-refractivity contribution in [2.24, 2.45) is 0 Å². The Morgan fingerprint density at radius 1 is 0.667 bits per heavy atom. The molecule has 0 atom stereocenters. The highest BCUT2D eigenvalue weighted by Gasteiger charge is 2.12. The van der Waals surface area contributed by atoms with E-state index in [2.05, 4.69) is 0 Å². The summed E-state index contributed by atoms with van der Waals surface area (Å²) < 4.78 is 21.5. The molecular weight excluding hydrogens is 384 g/mol. The Morgan fingerprint density at radius 3 is 1.97 bits per heavy atom. The molecule has 0 saturated carbocycles. The van der Waals surface area contributed by atoms with E-state index in [1.807, 2.05) is 30.3 Å². The van der Waals surface area contributed by atoms with Crippen LogP contribution in [0.5, 0.6) is 17.2 Å². The van der Waals surface area contributed by atoms with Gasteiger partial charge in [0.05, 0.1) is 17.7 Å². The van der Waals surface area contributed by atoms with Crippen molar-refractivity contribution in [1.82, 2.24) is 0 Å². The minimum absolute atomic E-state index is 0.268. The Labute approximate surface area is 175 Å². The summed E-state index contributed by atoms with van der Waals surface area (Å²) in [7, 11) is 0. The van der Waals surface area contributed by atoms with Crippen LogP contribution in [0.4, 0.5) is 0 Å². The smallest absolute Gasteiger partial charge is 0.343 e. The van der Waals surface area contributed by atoms with Gasteiger partial charge in [-0.25, -0.2) is 9.59 Å². The molecule has 30 heavy (non-hydrogen) atoms. The summed E-state index contributed by atoms with van der Waals surface area (Å²) in [6.45, 7) is 2.78. The number of rotatable bonds is 9. The maximum atomic E-state index is 12.4. The minimum Gasteiger partial charge on any atom is -0.490 e. The number of esters is 2. The molecule has 0 saturated heterocycles. The highest BCUT2D eigenvalue weighted by Crippen LogP contribution is 2.18. The SMILES string of the molecule is CCOC(=O)c1cccc(OC(=O)c2ccc(OCCOc3ccccc3)cc2)c1. The van der Waals surface area contributed by atoms with Gasteiger partial charge in [-0.05, 0) is 61.5 Å². The maximum Gasteiger partial charge on any atom is 0.343 e. The highest BCUT2D eigenvalue weighted by atomic mass is 16.5. The zero-order valence-electron chi connectivity index (χ0n) is 16.6. The van der Waals surface area contributed by atoms with Crippen LogP contribution in [0.1, 0.15) is 27.6 Å². The summed E-state index contributed by atoms with van der Waals surface area (Å²) in [4.78, 5) is 24.1. The van der Waals surface area contributed by atoms with Crippen LogP contribution in [0.15, 0.2) is 78.9 Å². The molecule has 3 aromatic carbocycles. The number of carbonyl (C=O) groups is 2. The molecule has 0 unspecified atom stereocenters. The number of carbonyl (C=O) groups excluding carboxylic acids is 2. The summed E-state index contributed by atoms with van der Waals surface area (Å²) in [5.41, 5.74) is 0.688. The summed E-state index contributed by atoms with van der Waals surface area (Å²) in [5, 5.41) is 0. The lowest BCUT2D eigenvalue weighted by Crippen LogP contribution is -2.11. The van der Waals surface area contributed by atoms with E-state index < -0.39 is 11.9 Å². The molecule has 6 nitrogen and oxygen atoms in total. The van der Waals surface area contributed by atoms with E-state index in [1.165, 1.54) is 6.07 Å². The predicted molar refractivity (Wildman–Crippen MR) is 111 cm³/mol. The zero-order valence-corrected chi connectivity index (χ0v) is 16.6. The topological polar surface area (TPSA) is 71.1 Å². The first-order valence-electron chi connectivity index (χ1n) is 9.56. The lowest BCUT2D eigenvalue weighted by molar-refractivity contribution is 0.0524. The number of benzene rings is 3. The second-order valence-electron chi connectivity index (χ2n) is 6.17. The molecule has 0 spiro atoms. The first kappa shape index (κ1) is 20.9. The molecule has 0 fully saturated rings. The lowest BCUT2D eigenvalue weighted by Gasteiger charge is -2.09. The van der Waals surface area contributed by atoms with Gasteiger partial charge in [-0.1, -0.05) is 24.3 Å². The van der Waals surface area contributed by atoms with Crippen LogP contribution in [0, 0.1) is 0 Å². The molecule has 0 radical (unpaired) electrons. The van der Waals surface area contributed by atoms with Crippen molar-refractivity contribution in [2.45, 2.75) is 6.92 Å². The van der Waals surface area contributed by atoms with Crippen LogP contribution in [-0.4, -0.2) is 31.8 Å². The number of ether oxygens (including phenoxy) is 4. The third-order valence-electron chi connectivity index (χ3n) is 4.01.